The summed E-state index contributed by atoms with van der Waals surface area (Å²) in [6, 6.07) is 2.41. The molecule has 112 valence electrons. The Hall–Kier alpha value is -1.14. The number of nitrogens with two attached hydrogens (primary N) is 1. The number of benzene rings is 1. The number of hydrogen-bond donors (Lipinski definition) is 1. The lowest BCUT2D eigenvalue weighted by atomic mass is 10.0. The molecule has 1 aromatic carbocycles. The monoisotopic (exact) mass is 300 g/mol. The van der Waals surface area contributed by atoms with Crippen LogP contribution in [0, 0.1) is 12.7 Å². The molecule has 4 nitrogen and oxygen atoms in total. The highest BCUT2D eigenvalue weighted by Gasteiger charge is 2.37. The predicted octanol–water partition coefficient (Wildman–Crippen LogP) is 2.67. The van der Waals surface area contributed by atoms with E-state index >= 15 is 0 Å². The Labute approximate surface area is 119 Å². The van der Waals surface area contributed by atoms with E-state index in [1.54, 1.807) is 0 Å². The first-order chi connectivity index (χ1) is 9.25. The Morgan fingerprint density at radius 1 is 1.25 bits per heavy atom. The summed E-state index contributed by atoms with van der Waals surface area (Å²) in [5, 5.41) is 0. The van der Waals surface area contributed by atoms with Crippen molar-refractivity contribution < 1.29 is 12.8 Å². The summed E-state index contributed by atoms with van der Waals surface area (Å²) in [5.74, 6) is -0.704. The van der Waals surface area contributed by atoms with Gasteiger partial charge in [0.05, 0.1) is 0 Å². The number of aryl methyl sites for hydroxylation is 1. The van der Waals surface area contributed by atoms with E-state index in [-0.39, 0.29) is 28.2 Å². The first-order valence-corrected chi connectivity index (χ1v) is 8.28. The number of halogens is 1. The quantitative estimate of drug-likeness (QED) is 0.854. The second kappa shape index (κ2) is 5.33. The third-order valence-electron chi connectivity index (χ3n) is 3.91. The molecule has 20 heavy (non-hydrogen) atoms. The number of piperidine rings is 1. The zero-order chi connectivity index (χ0) is 15.1. The van der Waals surface area contributed by atoms with Crippen molar-refractivity contribution in [3.8, 4) is 0 Å². The summed E-state index contributed by atoms with van der Waals surface area (Å²) in [6.45, 7) is 5.25. The molecule has 0 aliphatic carbocycles. The van der Waals surface area contributed by atoms with Crippen molar-refractivity contribution in [3.05, 3.63) is 23.5 Å². The molecule has 2 unspecified atom stereocenters. The van der Waals surface area contributed by atoms with Gasteiger partial charge in [-0.25, -0.2) is 12.8 Å². The van der Waals surface area contributed by atoms with Crippen LogP contribution in [0.2, 0.25) is 0 Å². The Morgan fingerprint density at radius 2 is 1.80 bits per heavy atom. The second-order valence-corrected chi connectivity index (χ2v) is 7.43. The van der Waals surface area contributed by atoms with E-state index in [2.05, 4.69) is 0 Å². The molecule has 0 radical (unpaired) electrons. The minimum atomic E-state index is -3.86. The van der Waals surface area contributed by atoms with Crippen molar-refractivity contribution in [2.24, 2.45) is 0 Å². The molecular weight excluding hydrogens is 279 g/mol. The summed E-state index contributed by atoms with van der Waals surface area (Å²) in [5.41, 5.74) is 6.19. The highest BCUT2D eigenvalue weighted by atomic mass is 32.2. The number of anilines is 1. The summed E-state index contributed by atoms with van der Waals surface area (Å²) < 4.78 is 41.2. The van der Waals surface area contributed by atoms with Crippen LogP contribution in [0.15, 0.2) is 17.0 Å². The minimum Gasteiger partial charge on any atom is -0.399 e. The fourth-order valence-electron chi connectivity index (χ4n) is 2.94. The van der Waals surface area contributed by atoms with E-state index in [9.17, 15) is 12.8 Å². The number of nitrogen functional groups attached to an aromatic ring is 1. The van der Waals surface area contributed by atoms with E-state index in [0.717, 1.165) is 19.3 Å². The molecule has 6 heteroatoms. The van der Waals surface area contributed by atoms with Crippen molar-refractivity contribution in [3.63, 3.8) is 0 Å². The van der Waals surface area contributed by atoms with Crippen LogP contribution in [0.4, 0.5) is 10.1 Å². The largest absolute Gasteiger partial charge is 0.399 e. The van der Waals surface area contributed by atoms with E-state index in [1.807, 2.05) is 13.8 Å². The maximum atomic E-state index is 14.2. The van der Waals surface area contributed by atoms with Crippen LogP contribution in [0.5, 0.6) is 0 Å². The zero-order valence-corrected chi connectivity index (χ0v) is 12.9. The minimum absolute atomic E-state index is 0.120. The van der Waals surface area contributed by atoms with E-state index in [0.29, 0.717) is 0 Å². The normalized spacial score (nSPS) is 24.8. The molecule has 1 heterocycles. The van der Waals surface area contributed by atoms with Gasteiger partial charge in [-0.2, -0.15) is 4.31 Å². The maximum Gasteiger partial charge on any atom is 0.246 e. The molecule has 0 aromatic heterocycles. The van der Waals surface area contributed by atoms with Crippen molar-refractivity contribution in [2.45, 2.75) is 57.0 Å². The van der Waals surface area contributed by atoms with Gasteiger partial charge in [0.15, 0.2) is 0 Å². The second-order valence-electron chi connectivity index (χ2n) is 5.61. The molecule has 0 spiro atoms. The number of sulfonamides is 1. The molecule has 0 saturated carbocycles. The van der Waals surface area contributed by atoms with Gasteiger partial charge in [0.1, 0.15) is 10.7 Å². The average molecular weight is 300 g/mol. The SMILES string of the molecule is Cc1cc(N)cc(S(=O)(=O)N2C(C)CCCC2C)c1F. The molecule has 1 aromatic rings. The lowest BCUT2D eigenvalue weighted by Crippen LogP contribution is -2.47. The van der Waals surface area contributed by atoms with Crippen LogP contribution in [0.1, 0.15) is 38.7 Å². The standard InChI is InChI=1S/C14H21FN2O2S/c1-9-7-12(16)8-13(14(9)15)20(18,19)17-10(2)5-4-6-11(17)3/h7-8,10-11H,4-6,16H2,1-3H3. The summed E-state index contributed by atoms with van der Waals surface area (Å²) in [4.78, 5) is -0.310. The summed E-state index contributed by atoms with van der Waals surface area (Å²) >= 11 is 0. The Balaban J connectivity index is 2.55. The molecule has 1 fully saturated rings. The molecule has 1 saturated heterocycles. The predicted molar refractivity (Wildman–Crippen MR) is 77.3 cm³/mol. The van der Waals surface area contributed by atoms with Gasteiger partial charge in [0.25, 0.3) is 0 Å². The number of nitrogens with zero attached hydrogens (tertiary/aromatic N) is 1. The van der Waals surface area contributed by atoms with Crippen LogP contribution >= 0.6 is 0 Å². The van der Waals surface area contributed by atoms with Gasteiger partial charge in [0, 0.05) is 17.8 Å². The average Bonchev–Trinajstić information content (AvgIpc) is 2.33. The summed E-state index contributed by atoms with van der Waals surface area (Å²) in [6.07, 6.45) is 2.59. The number of hydrogen-bond acceptors (Lipinski definition) is 3. The first kappa shape index (κ1) is 15.3. The number of rotatable bonds is 2. The van der Waals surface area contributed by atoms with Crippen LogP contribution in [-0.2, 0) is 10.0 Å². The summed E-state index contributed by atoms with van der Waals surface area (Å²) in [7, 11) is -3.86. The molecule has 1 aliphatic heterocycles. The van der Waals surface area contributed by atoms with Gasteiger partial charge >= 0.3 is 0 Å². The smallest absolute Gasteiger partial charge is 0.246 e. The van der Waals surface area contributed by atoms with Gasteiger partial charge in [-0.3, -0.25) is 0 Å². The van der Waals surface area contributed by atoms with E-state index < -0.39 is 15.8 Å². The van der Waals surface area contributed by atoms with Gasteiger partial charge < -0.3 is 5.73 Å². The highest BCUT2D eigenvalue weighted by Crippen LogP contribution is 2.32. The molecule has 0 bridgehead atoms. The highest BCUT2D eigenvalue weighted by molar-refractivity contribution is 7.89. The molecule has 2 rings (SSSR count). The zero-order valence-electron chi connectivity index (χ0n) is 12.1. The Kier molecular flexibility index (Phi) is 4.07. The van der Waals surface area contributed by atoms with Crippen molar-refractivity contribution in [1.82, 2.24) is 4.31 Å². The Morgan fingerprint density at radius 3 is 2.35 bits per heavy atom. The fraction of sp³-hybridized carbons (Fsp3) is 0.571. The lowest BCUT2D eigenvalue weighted by molar-refractivity contribution is 0.203. The molecule has 2 atom stereocenters. The van der Waals surface area contributed by atoms with Crippen molar-refractivity contribution >= 4 is 15.7 Å². The third-order valence-corrected chi connectivity index (χ3v) is 6.04. The van der Waals surface area contributed by atoms with Gasteiger partial charge in [-0.05, 0) is 51.3 Å². The van der Waals surface area contributed by atoms with Crippen LogP contribution < -0.4 is 5.73 Å². The lowest BCUT2D eigenvalue weighted by Gasteiger charge is -2.37. The third kappa shape index (κ3) is 2.54. The van der Waals surface area contributed by atoms with Crippen molar-refractivity contribution in [2.75, 3.05) is 5.73 Å². The van der Waals surface area contributed by atoms with Crippen molar-refractivity contribution in [1.29, 1.82) is 0 Å². The maximum absolute atomic E-state index is 14.2. The van der Waals surface area contributed by atoms with E-state index in [1.165, 1.54) is 23.4 Å². The Bertz CT molecular complexity index is 606. The van der Waals surface area contributed by atoms with Crippen LogP contribution in [0.25, 0.3) is 0 Å². The first-order valence-electron chi connectivity index (χ1n) is 6.84. The molecule has 0 amide bonds. The topological polar surface area (TPSA) is 63.4 Å². The van der Waals surface area contributed by atoms with Gasteiger partial charge in [-0.1, -0.05) is 6.42 Å². The van der Waals surface area contributed by atoms with Crippen LogP contribution in [-0.4, -0.2) is 24.8 Å². The van der Waals surface area contributed by atoms with Gasteiger partial charge in [-0.15, -0.1) is 0 Å². The molecule has 2 N–H and O–H groups in total. The van der Waals surface area contributed by atoms with E-state index in [4.69, 9.17) is 5.73 Å². The molecular formula is C14H21FN2O2S. The van der Waals surface area contributed by atoms with Gasteiger partial charge in [0.2, 0.25) is 10.0 Å². The molecule has 1 aliphatic rings. The fourth-order valence-corrected chi connectivity index (χ4v) is 4.99. The van der Waals surface area contributed by atoms with Crippen LogP contribution in [0.3, 0.4) is 0 Å².